The Bertz CT molecular complexity index is 835. The molecular formula is C14H13ClN4O3S. The minimum atomic E-state index is -3.84. The third kappa shape index (κ3) is 4.76. The summed E-state index contributed by atoms with van der Waals surface area (Å²) in [6, 6.07) is 12.6. The monoisotopic (exact) mass is 352 g/mol. The third-order valence-corrected chi connectivity index (χ3v) is 4.40. The maximum absolute atomic E-state index is 11.8. The molecule has 7 nitrogen and oxygen atoms in total. The average Bonchev–Trinajstić information content (AvgIpc) is 2.48. The lowest BCUT2D eigenvalue weighted by Crippen LogP contribution is -2.28. The number of hydrogen-bond donors (Lipinski definition) is 2. The molecule has 120 valence electrons. The van der Waals surface area contributed by atoms with Crippen molar-refractivity contribution in [1.82, 2.24) is 4.72 Å². The molecular weight excluding hydrogens is 340 g/mol. The summed E-state index contributed by atoms with van der Waals surface area (Å²) in [6.45, 7) is 1.13. The molecule has 9 heteroatoms. The number of halogens is 1. The first-order valence-electron chi connectivity index (χ1n) is 6.43. The van der Waals surface area contributed by atoms with Gasteiger partial charge in [0.1, 0.15) is 5.69 Å². The molecule has 0 unspecified atom stereocenters. The fourth-order valence-corrected chi connectivity index (χ4v) is 2.79. The van der Waals surface area contributed by atoms with Gasteiger partial charge < -0.3 is 0 Å². The second-order valence-electron chi connectivity index (χ2n) is 4.45. The van der Waals surface area contributed by atoms with Crippen LogP contribution in [-0.4, -0.2) is 14.3 Å². The van der Waals surface area contributed by atoms with Crippen LogP contribution in [0, 0.1) is 0 Å². The number of nitrogens with one attached hydrogen (secondary N) is 2. The highest BCUT2D eigenvalue weighted by atomic mass is 35.5. The maximum Gasteiger partial charge on any atom is 0.264 e. The van der Waals surface area contributed by atoms with Crippen molar-refractivity contribution in [2.75, 3.05) is 5.43 Å². The van der Waals surface area contributed by atoms with Gasteiger partial charge in [-0.15, -0.1) is 5.11 Å². The number of carbonyl (C=O) groups excluding carboxylic acids is 1. The number of carbonyl (C=O) groups is 1. The molecule has 0 aliphatic heterocycles. The average molecular weight is 353 g/mol. The summed E-state index contributed by atoms with van der Waals surface area (Å²) in [6.07, 6.45) is 0. The van der Waals surface area contributed by atoms with Crippen LogP contribution < -0.4 is 10.1 Å². The standard InChI is InChI=1S/C14H13ClN4O3S/c1-10(20)18-23(21,22)12-8-6-11(7-9-12)16-19-17-14-5-3-2-4-13(14)15/h2-9H,1H3,(H,16,17)(H,18,20). The van der Waals surface area contributed by atoms with E-state index in [4.69, 9.17) is 11.6 Å². The Labute approximate surface area is 138 Å². The van der Waals surface area contributed by atoms with Gasteiger partial charge in [0.2, 0.25) is 5.91 Å². The van der Waals surface area contributed by atoms with Crippen LogP contribution in [0.4, 0.5) is 11.4 Å². The summed E-state index contributed by atoms with van der Waals surface area (Å²) in [5.74, 6) is -0.652. The van der Waals surface area contributed by atoms with E-state index in [1.54, 1.807) is 24.3 Å². The summed E-state index contributed by atoms with van der Waals surface area (Å²) in [7, 11) is -3.84. The van der Waals surface area contributed by atoms with Crippen LogP contribution in [0.5, 0.6) is 0 Å². The zero-order valence-electron chi connectivity index (χ0n) is 12.0. The lowest BCUT2D eigenvalue weighted by atomic mass is 10.3. The first kappa shape index (κ1) is 16.9. The lowest BCUT2D eigenvalue weighted by molar-refractivity contribution is -0.117. The molecule has 23 heavy (non-hydrogen) atoms. The van der Waals surface area contributed by atoms with Gasteiger partial charge in [0.25, 0.3) is 10.0 Å². The maximum atomic E-state index is 11.8. The summed E-state index contributed by atoms with van der Waals surface area (Å²) in [5.41, 5.74) is 3.69. The second kappa shape index (κ2) is 7.21. The number of nitrogens with zero attached hydrogens (tertiary/aromatic N) is 2. The van der Waals surface area contributed by atoms with Crippen LogP contribution in [0.3, 0.4) is 0 Å². The molecule has 0 spiro atoms. The van der Waals surface area contributed by atoms with E-state index in [2.05, 4.69) is 15.8 Å². The molecule has 1 amide bonds. The van der Waals surface area contributed by atoms with E-state index in [-0.39, 0.29) is 4.90 Å². The molecule has 2 rings (SSSR count). The number of rotatable bonds is 5. The van der Waals surface area contributed by atoms with Crippen molar-refractivity contribution in [3.05, 3.63) is 53.6 Å². The first-order chi connectivity index (χ1) is 10.9. The van der Waals surface area contributed by atoms with Gasteiger partial charge in [0, 0.05) is 6.92 Å². The Hall–Kier alpha value is -2.45. The largest absolute Gasteiger partial charge is 0.274 e. The first-order valence-corrected chi connectivity index (χ1v) is 8.29. The molecule has 0 atom stereocenters. The van der Waals surface area contributed by atoms with Gasteiger partial charge in [-0.05, 0) is 36.4 Å². The van der Waals surface area contributed by atoms with Crippen molar-refractivity contribution in [2.24, 2.45) is 10.3 Å². The van der Waals surface area contributed by atoms with Crippen molar-refractivity contribution >= 4 is 38.9 Å². The molecule has 0 radical (unpaired) electrons. The number of amides is 1. The highest BCUT2D eigenvalue weighted by Crippen LogP contribution is 2.24. The van der Waals surface area contributed by atoms with Gasteiger partial charge in [0.15, 0.2) is 0 Å². The Morgan fingerprint density at radius 2 is 1.74 bits per heavy atom. The molecule has 2 aromatic carbocycles. The topological polar surface area (TPSA) is 100.0 Å². The van der Waals surface area contributed by atoms with E-state index in [1.165, 1.54) is 24.3 Å². The number of anilines is 1. The summed E-state index contributed by atoms with van der Waals surface area (Å²) >= 11 is 5.94. The Kier molecular flexibility index (Phi) is 5.30. The third-order valence-electron chi connectivity index (χ3n) is 2.63. The number of hydrogen-bond acceptors (Lipinski definition) is 5. The predicted molar refractivity (Wildman–Crippen MR) is 87.0 cm³/mol. The summed E-state index contributed by atoms with van der Waals surface area (Å²) < 4.78 is 25.4. The normalized spacial score (nSPS) is 11.4. The van der Waals surface area contributed by atoms with Crippen LogP contribution in [-0.2, 0) is 14.8 Å². The van der Waals surface area contributed by atoms with Crippen LogP contribution in [0.2, 0.25) is 5.02 Å². The van der Waals surface area contributed by atoms with E-state index >= 15 is 0 Å². The van der Waals surface area contributed by atoms with E-state index < -0.39 is 15.9 Å². The molecule has 0 heterocycles. The van der Waals surface area contributed by atoms with Crippen molar-refractivity contribution in [2.45, 2.75) is 11.8 Å². The van der Waals surface area contributed by atoms with Crippen LogP contribution in [0.25, 0.3) is 0 Å². The summed E-state index contributed by atoms with van der Waals surface area (Å²) in [5, 5.41) is 8.17. The SMILES string of the molecule is CC(=O)NS(=O)(=O)c1ccc(NN=Nc2ccccc2Cl)cc1. The van der Waals surface area contributed by atoms with E-state index in [0.29, 0.717) is 16.4 Å². The highest BCUT2D eigenvalue weighted by Gasteiger charge is 2.14. The lowest BCUT2D eigenvalue weighted by Gasteiger charge is -2.05. The zero-order chi connectivity index (χ0) is 16.9. The number of benzene rings is 2. The van der Waals surface area contributed by atoms with E-state index in [0.717, 1.165) is 6.92 Å². The second-order valence-corrected chi connectivity index (χ2v) is 6.54. The van der Waals surface area contributed by atoms with Crippen molar-refractivity contribution in [1.29, 1.82) is 0 Å². The minimum absolute atomic E-state index is 0.0266. The van der Waals surface area contributed by atoms with Crippen LogP contribution in [0.15, 0.2) is 63.8 Å². The van der Waals surface area contributed by atoms with Gasteiger partial charge in [-0.25, -0.2) is 13.1 Å². The Morgan fingerprint density at radius 1 is 1.09 bits per heavy atom. The van der Waals surface area contributed by atoms with Gasteiger partial charge in [-0.1, -0.05) is 29.0 Å². The van der Waals surface area contributed by atoms with Crippen molar-refractivity contribution in [3.63, 3.8) is 0 Å². The molecule has 0 aliphatic carbocycles. The molecule has 2 aromatic rings. The molecule has 0 fully saturated rings. The molecule has 0 aromatic heterocycles. The molecule has 0 bridgehead atoms. The van der Waals surface area contributed by atoms with Crippen LogP contribution >= 0.6 is 11.6 Å². The van der Waals surface area contributed by atoms with E-state index in [9.17, 15) is 13.2 Å². The number of sulfonamides is 1. The van der Waals surface area contributed by atoms with Crippen molar-refractivity contribution in [3.8, 4) is 0 Å². The zero-order valence-corrected chi connectivity index (χ0v) is 13.6. The predicted octanol–water partition coefficient (Wildman–Crippen LogP) is 3.28. The van der Waals surface area contributed by atoms with Crippen molar-refractivity contribution < 1.29 is 13.2 Å². The molecule has 0 saturated carbocycles. The van der Waals surface area contributed by atoms with Crippen LogP contribution in [0.1, 0.15) is 6.92 Å². The quantitative estimate of drug-likeness (QED) is 0.637. The van der Waals surface area contributed by atoms with Gasteiger partial charge >= 0.3 is 0 Å². The Balaban J connectivity index is 2.06. The molecule has 2 N–H and O–H groups in total. The Morgan fingerprint density at radius 3 is 2.35 bits per heavy atom. The summed E-state index contributed by atoms with van der Waals surface area (Å²) in [4.78, 5) is 10.8. The fourth-order valence-electron chi connectivity index (χ4n) is 1.63. The smallest absolute Gasteiger partial charge is 0.264 e. The van der Waals surface area contributed by atoms with E-state index in [1.807, 2.05) is 4.72 Å². The van der Waals surface area contributed by atoms with Gasteiger partial charge in [-0.3, -0.25) is 10.2 Å². The van der Waals surface area contributed by atoms with Gasteiger partial charge in [-0.2, -0.15) is 0 Å². The molecule has 0 saturated heterocycles. The van der Waals surface area contributed by atoms with Gasteiger partial charge in [0.05, 0.1) is 15.6 Å². The minimum Gasteiger partial charge on any atom is -0.274 e. The molecule has 0 aliphatic rings. The highest BCUT2D eigenvalue weighted by molar-refractivity contribution is 7.90. The fraction of sp³-hybridized carbons (Fsp3) is 0.0714.